The zero-order valence-electron chi connectivity index (χ0n) is 12.7. The molecule has 0 saturated heterocycles. The molecular formula is C18H23BrOS. The molecule has 114 valence electrons. The second kappa shape index (κ2) is 6.02. The van der Waals surface area contributed by atoms with Crippen molar-refractivity contribution in [2.24, 2.45) is 11.3 Å². The molecule has 1 nitrogen and oxygen atoms in total. The fourth-order valence-electron chi connectivity index (χ4n) is 4.06. The molecule has 2 aromatic rings. The van der Waals surface area contributed by atoms with Crippen molar-refractivity contribution in [2.45, 2.75) is 52.1 Å². The fourth-order valence-corrected chi connectivity index (χ4v) is 5.71. The highest BCUT2D eigenvalue weighted by molar-refractivity contribution is 9.10. The van der Waals surface area contributed by atoms with Crippen LogP contribution in [-0.4, -0.2) is 5.11 Å². The molecule has 0 spiro atoms. The molecular weight excluding hydrogens is 344 g/mol. The van der Waals surface area contributed by atoms with Crippen molar-refractivity contribution in [1.29, 1.82) is 0 Å². The third kappa shape index (κ3) is 2.80. The topological polar surface area (TPSA) is 20.2 Å². The zero-order chi connectivity index (χ0) is 15.0. The van der Waals surface area contributed by atoms with Crippen LogP contribution >= 0.6 is 27.3 Å². The van der Waals surface area contributed by atoms with E-state index in [-0.39, 0.29) is 11.5 Å². The molecule has 1 heterocycles. The summed E-state index contributed by atoms with van der Waals surface area (Å²) < 4.78 is 2.39. The van der Waals surface area contributed by atoms with Gasteiger partial charge in [0, 0.05) is 14.6 Å². The molecule has 0 amide bonds. The minimum absolute atomic E-state index is 0.0878. The van der Waals surface area contributed by atoms with Gasteiger partial charge in [-0.25, -0.2) is 0 Å². The fraction of sp³-hybridized carbons (Fsp3) is 0.556. The van der Waals surface area contributed by atoms with Crippen molar-refractivity contribution < 1.29 is 5.11 Å². The van der Waals surface area contributed by atoms with Gasteiger partial charge in [-0.1, -0.05) is 38.8 Å². The summed E-state index contributed by atoms with van der Waals surface area (Å²) in [7, 11) is 0. The van der Waals surface area contributed by atoms with Crippen LogP contribution in [0.25, 0.3) is 10.1 Å². The van der Waals surface area contributed by atoms with Crippen LogP contribution in [0.15, 0.2) is 28.1 Å². The van der Waals surface area contributed by atoms with Crippen molar-refractivity contribution >= 4 is 37.4 Å². The van der Waals surface area contributed by atoms with Crippen LogP contribution in [0.3, 0.4) is 0 Å². The number of fused-ring (bicyclic) bond motifs is 1. The summed E-state index contributed by atoms with van der Waals surface area (Å²) >= 11 is 5.36. The van der Waals surface area contributed by atoms with E-state index in [1.54, 1.807) is 11.3 Å². The van der Waals surface area contributed by atoms with Crippen molar-refractivity contribution in [3.05, 3.63) is 33.6 Å². The van der Waals surface area contributed by atoms with E-state index in [0.717, 1.165) is 29.3 Å². The monoisotopic (exact) mass is 366 g/mol. The van der Waals surface area contributed by atoms with Crippen molar-refractivity contribution in [2.75, 3.05) is 0 Å². The van der Waals surface area contributed by atoms with Crippen LogP contribution in [0.5, 0.6) is 0 Å². The van der Waals surface area contributed by atoms with E-state index >= 15 is 0 Å². The lowest BCUT2D eigenvalue weighted by atomic mass is 9.72. The summed E-state index contributed by atoms with van der Waals surface area (Å²) in [6.07, 6.45) is 5.64. The number of aliphatic hydroxyl groups excluding tert-OH is 1. The smallest absolute Gasteiger partial charge is 0.0860 e. The van der Waals surface area contributed by atoms with Gasteiger partial charge in [0.05, 0.1) is 6.10 Å². The normalized spacial score (nSPS) is 19.5. The molecule has 1 atom stereocenters. The van der Waals surface area contributed by atoms with Gasteiger partial charge in [-0.15, -0.1) is 11.3 Å². The standard InChI is InChI=1S/C18H23BrOS/c1-12(2)10-18(8-3-4-9-18)17(20)14-11-21-16-13(14)6-5-7-15(16)19/h5-7,11-12,17,20H,3-4,8-10H2,1-2H3. The lowest BCUT2D eigenvalue weighted by Gasteiger charge is -2.36. The quantitative estimate of drug-likeness (QED) is 0.672. The van der Waals surface area contributed by atoms with Gasteiger partial charge >= 0.3 is 0 Å². The third-order valence-electron chi connectivity index (χ3n) is 4.87. The number of thiophene rings is 1. The minimum atomic E-state index is -0.328. The Morgan fingerprint density at radius 1 is 1.29 bits per heavy atom. The summed E-state index contributed by atoms with van der Waals surface area (Å²) in [6.45, 7) is 4.55. The summed E-state index contributed by atoms with van der Waals surface area (Å²) in [4.78, 5) is 0. The van der Waals surface area contributed by atoms with E-state index in [0.29, 0.717) is 5.92 Å². The minimum Gasteiger partial charge on any atom is -0.388 e. The van der Waals surface area contributed by atoms with Crippen molar-refractivity contribution in [3.8, 4) is 0 Å². The van der Waals surface area contributed by atoms with Crippen LogP contribution in [-0.2, 0) is 0 Å². The van der Waals surface area contributed by atoms with Crippen LogP contribution < -0.4 is 0 Å². The first kappa shape index (κ1) is 15.5. The maximum atomic E-state index is 11.2. The van der Waals surface area contributed by atoms with Gasteiger partial charge in [0.25, 0.3) is 0 Å². The number of rotatable bonds is 4. The lowest BCUT2D eigenvalue weighted by molar-refractivity contribution is 0.0125. The van der Waals surface area contributed by atoms with Gasteiger partial charge in [-0.05, 0) is 63.5 Å². The van der Waals surface area contributed by atoms with E-state index in [1.807, 2.05) is 0 Å². The predicted octanol–water partition coefficient (Wildman–Crippen LogP) is 6.30. The number of halogens is 1. The SMILES string of the molecule is CC(C)CC1(C(O)c2csc3c(Br)cccc23)CCCC1. The maximum absolute atomic E-state index is 11.2. The first-order valence-electron chi connectivity index (χ1n) is 7.87. The number of hydrogen-bond acceptors (Lipinski definition) is 2. The number of aliphatic hydroxyl groups is 1. The average molecular weight is 367 g/mol. The predicted molar refractivity (Wildman–Crippen MR) is 94.8 cm³/mol. The Hall–Kier alpha value is -0.380. The molecule has 1 aliphatic rings. The number of benzene rings is 1. The Morgan fingerprint density at radius 3 is 2.67 bits per heavy atom. The maximum Gasteiger partial charge on any atom is 0.0860 e. The number of hydrogen-bond donors (Lipinski definition) is 1. The molecule has 1 saturated carbocycles. The van der Waals surface area contributed by atoms with Crippen molar-refractivity contribution in [3.63, 3.8) is 0 Å². The molecule has 0 radical (unpaired) electrons. The molecule has 0 bridgehead atoms. The van der Waals surface area contributed by atoms with Gasteiger partial charge in [-0.2, -0.15) is 0 Å². The Bertz CT molecular complexity index is 625. The molecule has 1 aliphatic carbocycles. The summed E-state index contributed by atoms with van der Waals surface area (Å²) in [5.41, 5.74) is 1.23. The molecule has 3 rings (SSSR count). The molecule has 1 aromatic carbocycles. The highest BCUT2D eigenvalue weighted by atomic mass is 79.9. The lowest BCUT2D eigenvalue weighted by Crippen LogP contribution is -2.27. The highest BCUT2D eigenvalue weighted by Gasteiger charge is 2.42. The van der Waals surface area contributed by atoms with Gasteiger partial charge < -0.3 is 5.11 Å². The van der Waals surface area contributed by atoms with E-state index in [4.69, 9.17) is 0 Å². The van der Waals surface area contributed by atoms with Gasteiger partial charge in [-0.3, -0.25) is 0 Å². The second-order valence-corrected chi connectivity index (χ2v) is 8.61. The van der Waals surface area contributed by atoms with Gasteiger partial charge in [0.1, 0.15) is 0 Å². The van der Waals surface area contributed by atoms with Gasteiger partial charge in [0.15, 0.2) is 0 Å². The zero-order valence-corrected chi connectivity index (χ0v) is 15.1. The average Bonchev–Trinajstić information content (AvgIpc) is 3.05. The Morgan fingerprint density at radius 2 is 2.00 bits per heavy atom. The van der Waals surface area contributed by atoms with E-state index in [1.165, 1.54) is 22.9 Å². The highest BCUT2D eigenvalue weighted by Crippen LogP contribution is 2.53. The van der Waals surface area contributed by atoms with E-state index in [2.05, 4.69) is 53.4 Å². The van der Waals surface area contributed by atoms with Crippen LogP contribution in [0, 0.1) is 11.3 Å². The third-order valence-corrected chi connectivity index (χ3v) is 6.84. The molecule has 1 fully saturated rings. The van der Waals surface area contributed by atoms with Crippen LogP contribution in [0.1, 0.15) is 57.6 Å². The van der Waals surface area contributed by atoms with Crippen molar-refractivity contribution in [1.82, 2.24) is 0 Å². The molecule has 1 N–H and O–H groups in total. The van der Waals surface area contributed by atoms with Gasteiger partial charge in [0.2, 0.25) is 0 Å². The summed E-state index contributed by atoms with van der Waals surface area (Å²) in [5, 5.41) is 14.6. The summed E-state index contributed by atoms with van der Waals surface area (Å²) in [6, 6.07) is 6.29. The second-order valence-electron chi connectivity index (χ2n) is 6.88. The Labute approximate surface area is 139 Å². The largest absolute Gasteiger partial charge is 0.388 e. The van der Waals surface area contributed by atoms with E-state index in [9.17, 15) is 5.11 Å². The molecule has 3 heteroatoms. The molecule has 1 unspecified atom stereocenters. The first-order chi connectivity index (χ1) is 10.0. The summed E-state index contributed by atoms with van der Waals surface area (Å²) in [5.74, 6) is 0.634. The Kier molecular flexibility index (Phi) is 4.45. The van der Waals surface area contributed by atoms with Crippen LogP contribution in [0.2, 0.25) is 0 Å². The molecule has 1 aromatic heterocycles. The molecule has 21 heavy (non-hydrogen) atoms. The Balaban J connectivity index is 2.02. The first-order valence-corrected chi connectivity index (χ1v) is 9.54. The molecule has 0 aliphatic heterocycles. The van der Waals surface area contributed by atoms with E-state index < -0.39 is 0 Å². The van der Waals surface area contributed by atoms with Crippen LogP contribution in [0.4, 0.5) is 0 Å².